The fourth-order valence-corrected chi connectivity index (χ4v) is 2.69. The molecule has 0 aromatic heterocycles. The fraction of sp³-hybridized carbons (Fsp3) is 0.533. The third-order valence-corrected chi connectivity index (χ3v) is 3.98. The number of sulfonamides is 1. The van der Waals surface area contributed by atoms with Crippen LogP contribution in [0.5, 0.6) is 0 Å². The molecule has 1 aromatic rings. The highest BCUT2D eigenvalue weighted by molar-refractivity contribution is 7.88. The monoisotopic (exact) mass is 312 g/mol. The number of carbonyl (C=O) groups is 1. The highest BCUT2D eigenvalue weighted by atomic mass is 32.2. The standard InChI is InChI=1S/C15H24N2O3S/c1-12-7-4-5-8-14(12)13(2)11-15(18)16-9-6-10-17-21(3,19)20/h4-5,7-8,13,17H,6,9-11H2,1-3H3,(H,16,18)/t13-/m0/s1. The summed E-state index contributed by atoms with van der Waals surface area (Å²) < 4.78 is 24.1. The second-order valence-corrected chi connectivity index (χ2v) is 7.16. The largest absolute Gasteiger partial charge is 0.356 e. The highest BCUT2D eigenvalue weighted by Crippen LogP contribution is 2.21. The van der Waals surface area contributed by atoms with Gasteiger partial charge in [0.1, 0.15) is 0 Å². The van der Waals surface area contributed by atoms with Gasteiger partial charge in [0, 0.05) is 19.5 Å². The third kappa shape index (κ3) is 7.24. The molecule has 0 heterocycles. The molecule has 1 atom stereocenters. The predicted molar refractivity (Wildman–Crippen MR) is 84.7 cm³/mol. The topological polar surface area (TPSA) is 75.3 Å². The first-order valence-electron chi connectivity index (χ1n) is 7.06. The van der Waals surface area contributed by atoms with Crippen molar-refractivity contribution in [3.63, 3.8) is 0 Å². The van der Waals surface area contributed by atoms with E-state index < -0.39 is 10.0 Å². The van der Waals surface area contributed by atoms with Gasteiger partial charge in [-0.2, -0.15) is 0 Å². The lowest BCUT2D eigenvalue weighted by molar-refractivity contribution is -0.121. The summed E-state index contributed by atoms with van der Waals surface area (Å²) in [6.07, 6.45) is 2.14. The molecule has 0 radical (unpaired) electrons. The van der Waals surface area contributed by atoms with E-state index in [1.54, 1.807) is 0 Å². The summed E-state index contributed by atoms with van der Waals surface area (Å²) in [6, 6.07) is 8.05. The van der Waals surface area contributed by atoms with E-state index in [1.807, 2.05) is 38.1 Å². The molecular weight excluding hydrogens is 288 g/mol. The van der Waals surface area contributed by atoms with Gasteiger partial charge in [-0.1, -0.05) is 31.2 Å². The van der Waals surface area contributed by atoms with Crippen molar-refractivity contribution < 1.29 is 13.2 Å². The van der Waals surface area contributed by atoms with Crippen LogP contribution in [-0.2, 0) is 14.8 Å². The SMILES string of the molecule is Cc1ccccc1[C@@H](C)CC(=O)NCCCNS(C)(=O)=O. The average Bonchev–Trinajstić information content (AvgIpc) is 2.37. The maximum absolute atomic E-state index is 11.8. The van der Waals surface area contributed by atoms with Crippen LogP contribution in [0.4, 0.5) is 0 Å². The molecule has 0 spiro atoms. The Kier molecular flexibility index (Phi) is 6.84. The van der Waals surface area contributed by atoms with Crippen LogP contribution in [0.15, 0.2) is 24.3 Å². The molecule has 0 aliphatic carbocycles. The van der Waals surface area contributed by atoms with Crippen LogP contribution in [0, 0.1) is 6.92 Å². The second kappa shape index (κ2) is 8.14. The molecule has 0 aliphatic rings. The first kappa shape index (κ1) is 17.7. The van der Waals surface area contributed by atoms with Gasteiger partial charge >= 0.3 is 0 Å². The smallest absolute Gasteiger partial charge is 0.220 e. The lowest BCUT2D eigenvalue weighted by Gasteiger charge is -2.14. The number of carbonyl (C=O) groups excluding carboxylic acids is 1. The molecule has 1 rings (SSSR count). The summed E-state index contributed by atoms with van der Waals surface area (Å²) in [7, 11) is -3.15. The van der Waals surface area contributed by atoms with Gasteiger partial charge in [-0.3, -0.25) is 4.79 Å². The molecule has 1 aromatic carbocycles. The normalized spacial score (nSPS) is 12.9. The zero-order valence-corrected chi connectivity index (χ0v) is 13.7. The number of rotatable bonds is 8. The minimum absolute atomic E-state index is 0.00916. The minimum Gasteiger partial charge on any atom is -0.356 e. The molecule has 118 valence electrons. The fourth-order valence-electron chi connectivity index (χ4n) is 2.17. The summed E-state index contributed by atoms with van der Waals surface area (Å²) in [5.41, 5.74) is 2.38. The summed E-state index contributed by atoms with van der Waals surface area (Å²) in [5, 5.41) is 2.82. The van der Waals surface area contributed by atoms with Gasteiger partial charge in [0.05, 0.1) is 6.26 Å². The zero-order chi connectivity index (χ0) is 15.9. The van der Waals surface area contributed by atoms with E-state index >= 15 is 0 Å². The summed E-state index contributed by atoms with van der Waals surface area (Å²) in [5.74, 6) is 0.158. The van der Waals surface area contributed by atoms with Gasteiger partial charge in [0.25, 0.3) is 0 Å². The highest BCUT2D eigenvalue weighted by Gasteiger charge is 2.12. The summed E-state index contributed by atoms with van der Waals surface area (Å²) in [4.78, 5) is 11.8. The number of hydrogen-bond acceptors (Lipinski definition) is 3. The van der Waals surface area contributed by atoms with Crippen molar-refractivity contribution in [1.82, 2.24) is 10.0 Å². The van der Waals surface area contributed by atoms with Crippen LogP contribution in [0.2, 0.25) is 0 Å². The second-order valence-electron chi connectivity index (χ2n) is 5.33. The van der Waals surface area contributed by atoms with Crippen LogP contribution in [-0.4, -0.2) is 33.7 Å². The summed E-state index contributed by atoms with van der Waals surface area (Å²) in [6.45, 7) is 4.89. The number of nitrogens with one attached hydrogen (secondary N) is 2. The maximum atomic E-state index is 11.8. The lowest BCUT2D eigenvalue weighted by Crippen LogP contribution is -2.29. The third-order valence-electron chi connectivity index (χ3n) is 3.25. The van der Waals surface area contributed by atoms with Crippen LogP contribution in [0.3, 0.4) is 0 Å². The van der Waals surface area contributed by atoms with Crippen LogP contribution >= 0.6 is 0 Å². The predicted octanol–water partition coefficient (Wildman–Crippen LogP) is 1.54. The van der Waals surface area contributed by atoms with Crippen LogP contribution < -0.4 is 10.0 Å². The van der Waals surface area contributed by atoms with Crippen LogP contribution in [0.25, 0.3) is 0 Å². The van der Waals surface area contributed by atoms with Gasteiger partial charge < -0.3 is 5.32 Å². The van der Waals surface area contributed by atoms with E-state index in [-0.39, 0.29) is 11.8 Å². The van der Waals surface area contributed by atoms with E-state index in [4.69, 9.17) is 0 Å². The van der Waals surface area contributed by atoms with Gasteiger partial charge in [-0.05, 0) is 30.4 Å². The molecule has 2 N–H and O–H groups in total. The van der Waals surface area contributed by atoms with E-state index in [0.29, 0.717) is 25.9 Å². The Morgan fingerprint density at radius 3 is 2.52 bits per heavy atom. The Labute approximate surface area is 127 Å². The van der Waals surface area contributed by atoms with Crippen molar-refractivity contribution in [3.8, 4) is 0 Å². The minimum atomic E-state index is -3.15. The number of amides is 1. The van der Waals surface area contributed by atoms with Crippen molar-refractivity contribution in [2.75, 3.05) is 19.3 Å². The molecule has 0 saturated heterocycles. The van der Waals surface area contributed by atoms with E-state index in [2.05, 4.69) is 10.0 Å². The number of benzene rings is 1. The molecule has 0 fully saturated rings. The van der Waals surface area contributed by atoms with Crippen molar-refractivity contribution >= 4 is 15.9 Å². The number of aryl methyl sites for hydroxylation is 1. The Bertz CT molecular complexity index is 570. The molecule has 21 heavy (non-hydrogen) atoms. The van der Waals surface area contributed by atoms with Gasteiger partial charge in [-0.15, -0.1) is 0 Å². The molecular formula is C15H24N2O3S. The molecule has 0 unspecified atom stereocenters. The van der Waals surface area contributed by atoms with Crippen LogP contribution in [0.1, 0.15) is 36.8 Å². The molecule has 5 nitrogen and oxygen atoms in total. The maximum Gasteiger partial charge on any atom is 0.220 e. The van der Waals surface area contributed by atoms with Gasteiger partial charge in [-0.25, -0.2) is 13.1 Å². The van der Waals surface area contributed by atoms with Crippen molar-refractivity contribution in [2.45, 2.75) is 32.6 Å². The van der Waals surface area contributed by atoms with Gasteiger partial charge in [0.15, 0.2) is 0 Å². The average molecular weight is 312 g/mol. The molecule has 6 heteroatoms. The molecule has 0 saturated carbocycles. The van der Waals surface area contributed by atoms with Crippen molar-refractivity contribution in [1.29, 1.82) is 0 Å². The summed E-state index contributed by atoms with van der Waals surface area (Å²) >= 11 is 0. The Morgan fingerprint density at radius 2 is 1.90 bits per heavy atom. The quantitative estimate of drug-likeness (QED) is 0.715. The Balaban J connectivity index is 2.29. The van der Waals surface area contributed by atoms with Gasteiger partial charge in [0.2, 0.25) is 15.9 Å². The first-order chi connectivity index (χ1) is 9.79. The molecule has 0 aliphatic heterocycles. The molecule has 1 amide bonds. The molecule has 0 bridgehead atoms. The zero-order valence-electron chi connectivity index (χ0n) is 12.8. The van der Waals surface area contributed by atoms with Crippen molar-refractivity contribution in [3.05, 3.63) is 35.4 Å². The van der Waals surface area contributed by atoms with E-state index in [9.17, 15) is 13.2 Å². The van der Waals surface area contributed by atoms with E-state index in [0.717, 1.165) is 6.26 Å². The Hall–Kier alpha value is -1.40. The Morgan fingerprint density at radius 1 is 1.24 bits per heavy atom. The van der Waals surface area contributed by atoms with Crippen molar-refractivity contribution in [2.24, 2.45) is 0 Å². The number of hydrogen-bond donors (Lipinski definition) is 2. The first-order valence-corrected chi connectivity index (χ1v) is 8.95. The van der Waals surface area contributed by atoms with E-state index in [1.165, 1.54) is 11.1 Å². The lowest BCUT2D eigenvalue weighted by atomic mass is 9.93.